The van der Waals surface area contributed by atoms with Crippen molar-refractivity contribution in [3.63, 3.8) is 0 Å². The number of aliphatic hydroxyl groups is 1. The van der Waals surface area contributed by atoms with Crippen molar-refractivity contribution in [2.45, 2.75) is 19.3 Å². The number of hydrogen-bond donors (Lipinski definition) is 2. The van der Waals surface area contributed by atoms with Crippen LogP contribution >= 0.6 is 0 Å². The van der Waals surface area contributed by atoms with Gasteiger partial charge in [-0.15, -0.1) is 0 Å². The maximum absolute atomic E-state index is 11.7. The van der Waals surface area contributed by atoms with Crippen LogP contribution in [-0.2, 0) is 4.74 Å². The quantitative estimate of drug-likeness (QED) is 0.438. The van der Waals surface area contributed by atoms with E-state index in [1.165, 1.54) is 7.11 Å². The van der Waals surface area contributed by atoms with Gasteiger partial charge in [-0.1, -0.05) is 0 Å². The van der Waals surface area contributed by atoms with Gasteiger partial charge in [-0.2, -0.15) is 0 Å². The van der Waals surface area contributed by atoms with E-state index >= 15 is 0 Å². The summed E-state index contributed by atoms with van der Waals surface area (Å²) in [6.45, 7) is 0.522. The molecule has 0 spiro atoms. The molecular weight excluding hydrogens is 234 g/mol. The van der Waals surface area contributed by atoms with Crippen LogP contribution in [0.25, 0.3) is 0 Å². The fraction of sp³-hybridized carbons (Fsp3) is 0.462. The second kappa shape index (κ2) is 7.55. The van der Waals surface area contributed by atoms with E-state index in [-0.39, 0.29) is 6.61 Å². The van der Waals surface area contributed by atoms with E-state index in [1.54, 1.807) is 18.2 Å². The highest BCUT2D eigenvalue weighted by atomic mass is 16.5. The summed E-state index contributed by atoms with van der Waals surface area (Å²) in [4.78, 5) is 11.7. The summed E-state index contributed by atoms with van der Waals surface area (Å²) >= 11 is 0. The number of esters is 1. The van der Waals surface area contributed by atoms with Gasteiger partial charge in [0.1, 0.15) is 5.75 Å². The standard InChI is InChI=1S/C13H19NO4/c1-17-12-9-10(5-6-11(12)14)13(16)18-8-4-2-3-7-15/h5-6,9,15H,2-4,7-8,14H2,1H3. The Bertz CT molecular complexity index is 393. The van der Waals surface area contributed by atoms with Crippen molar-refractivity contribution in [1.29, 1.82) is 0 Å². The molecule has 5 nitrogen and oxygen atoms in total. The van der Waals surface area contributed by atoms with Crippen LogP contribution in [0.2, 0.25) is 0 Å². The molecule has 1 rings (SSSR count). The molecule has 5 heteroatoms. The molecule has 0 aliphatic carbocycles. The van der Waals surface area contributed by atoms with Crippen molar-refractivity contribution in [1.82, 2.24) is 0 Å². The van der Waals surface area contributed by atoms with Gasteiger partial charge in [0, 0.05) is 6.61 Å². The molecule has 0 radical (unpaired) electrons. The van der Waals surface area contributed by atoms with Gasteiger partial charge < -0.3 is 20.3 Å². The lowest BCUT2D eigenvalue weighted by atomic mass is 10.2. The first-order valence-corrected chi connectivity index (χ1v) is 5.90. The largest absolute Gasteiger partial charge is 0.495 e. The van der Waals surface area contributed by atoms with Crippen LogP contribution in [-0.4, -0.2) is 31.4 Å². The number of benzene rings is 1. The normalized spacial score (nSPS) is 10.1. The number of nitrogens with two attached hydrogens (primary N) is 1. The highest BCUT2D eigenvalue weighted by molar-refractivity contribution is 5.90. The van der Waals surface area contributed by atoms with Gasteiger partial charge in [0.2, 0.25) is 0 Å². The van der Waals surface area contributed by atoms with Gasteiger partial charge in [0.15, 0.2) is 0 Å². The Morgan fingerprint density at radius 2 is 2.11 bits per heavy atom. The molecule has 0 bridgehead atoms. The highest BCUT2D eigenvalue weighted by Gasteiger charge is 2.09. The number of nitrogen functional groups attached to an aromatic ring is 1. The lowest BCUT2D eigenvalue weighted by Gasteiger charge is -2.08. The highest BCUT2D eigenvalue weighted by Crippen LogP contribution is 2.22. The minimum atomic E-state index is -0.391. The maximum Gasteiger partial charge on any atom is 0.338 e. The van der Waals surface area contributed by atoms with Crippen molar-refractivity contribution < 1.29 is 19.4 Å². The number of hydrogen-bond acceptors (Lipinski definition) is 5. The Labute approximate surface area is 107 Å². The third-order valence-corrected chi connectivity index (χ3v) is 2.50. The summed E-state index contributed by atoms with van der Waals surface area (Å²) in [5.74, 6) is 0.0713. The minimum Gasteiger partial charge on any atom is -0.495 e. The van der Waals surface area contributed by atoms with Gasteiger partial charge in [0.25, 0.3) is 0 Å². The zero-order valence-electron chi connectivity index (χ0n) is 10.5. The third-order valence-electron chi connectivity index (χ3n) is 2.50. The average Bonchev–Trinajstić information content (AvgIpc) is 2.38. The monoisotopic (exact) mass is 253 g/mol. The van der Waals surface area contributed by atoms with Gasteiger partial charge >= 0.3 is 5.97 Å². The summed E-state index contributed by atoms with van der Waals surface area (Å²) in [6.07, 6.45) is 2.32. The number of carbonyl (C=O) groups is 1. The molecule has 0 aliphatic rings. The molecule has 0 saturated carbocycles. The average molecular weight is 253 g/mol. The van der Waals surface area contributed by atoms with Crippen LogP contribution in [0.4, 0.5) is 5.69 Å². The van der Waals surface area contributed by atoms with Crippen molar-refractivity contribution >= 4 is 11.7 Å². The van der Waals surface area contributed by atoms with E-state index < -0.39 is 5.97 Å². The van der Waals surface area contributed by atoms with Crippen molar-refractivity contribution in [3.05, 3.63) is 23.8 Å². The van der Waals surface area contributed by atoms with E-state index in [4.69, 9.17) is 20.3 Å². The van der Waals surface area contributed by atoms with E-state index in [1.807, 2.05) is 0 Å². The first-order chi connectivity index (χ1) is 8.69. The van der Waals surface area contributed by atoms with Crippen LogP contribution < -0.4 is 10.5 Å². The summed E-state index contributed by atoms with van der Waals surface area (Å²) in [7, 11) is 1.50. The molecule has 1 aromatic rings. The topological polar surface area (TPSA) is 81.8 Å². The smallest absolute Gasteiger partial charge is 0.338 e. The lowest BCUT2D eigenvalue weighted by Crippen LogP contribution is -2.07. The molecule has 0 aromatic heterocycles. The second-order valence-electron chi connectivity index (χ2n) is 3.88. The molecule has 100 valence electrons. The number of rotatable bonds is 7. The number of aliphatic hydroxyl groups excluding tert-OH is 1. The first kappa shape index (κ1) is 14.3. The van der Waals surface area contributed by atoms with E-state index in [9.17, 15) is 4.79 Å². The van der Waals surface area contributed by atoms with E-state index in [0.717, 1.165) is 19.3 Å². The summed E-state index contributed by atoms with van der Waals surface area (Å²) in [5.41, 5.74) is 6.56. The number of anilines is 1. The zero-order chi connectivity index (χ0) is 13.4. The number of methoxy groups -OCH3 is 1. The van der Waals surface area contributed by atoms with Crippen LogP contribution in [0, 0.1) is 0 Å². The lowest BCUT2D eigenvalue weighted by molar-refractivity contribution is 0.0496. The van der Waals surface area contributed by atoms with E-state index in [2.05, 4.69) is 0 Å². The van der Waals surface area contributed by atoms with Crippen molar-refractivity contribution in [3.8, 4) is 5.75 Å². The van der Waals surface area contributed by atoms with Gasteiger partial charge in [-0.05, 0) is 37.5 Å². The van der Waals surface area contributed by atoms with E-state index in [0.29, 0.717) is 23.6 Å². The summed E-state index contributed by atoms with van der Waals surface area (Å²) in [6, 6.07) is 4.78. The van der Waals surface area contributed by atoms with Gasteiger partial charge in [-0.3, -0.25) is 0 Å². The Morgan fingerprint density at radius 1 is 1.33 bits per heavy atom. The maximum atomic E-state index is 11.7. The Hall–Kier alpha value is -1.75. The van der Waals surface area contributed by atoms with Crippen LogP contribution in [0.3, 0.4) is 0 Å². The number of carbonyl (C=O) groups excluding carboxylic acids is 1. The minimum absolute atomic E-state index is 0.170. The molecule has 3 N–H and O–H groups in total. The SMILES string of the molecule is COc1cc(C(=O)OCCCCCO)ccc1N. The molecule has 0 fully saturated rings. The predicted molar refractivity (Wildman–Crippen MR) is 68.6 cm³/mol. The molecule has 18 heavy (non-hydrogen) atoms. The molecule has 0 unspecified atom stereocenters. The van der Waals surface area contributed by atoms with Crippen molar-refractivity contribution in [2.24, 2.45) is 0 Å². The molecule has 0 aliphatic heterocycles. The second-order valence-corrected chi connectivity index (χ2v) is 3.88. The van der Waals surface area contributed by atoms with Gasteiger partial charge in [0.05, 0.1) is 25.0 Å². The summed E-state index contributed by atoms with van der Waals surface area (Å²) in [5, 5.41) is 8.60. The number of ether oxygens (including phenoxy) is 2. The Kier molecular flexibility index (Phi) is 6.00. The first-order valence-electron chi connectivity index (χ1n) is 5.90. The Morgan fingerprint density at radius 3 is 2.78 bits per heavy atom. The van der Waals surface area contributed by atoms with Gasteiger partial charge in [-0.25, -0.2) is 4.79 Å². The van der Waals surface area contributed by atoms with Crippen LogP contribution in [0.1, 0.15) is 29.6 Å². The molecule has 1 aromatic carbocycles. The van der Waals surface area contributed by atoms with Crippen LogP contribution in [0.15, 0.2) is 18.2 Å². The Balaban J connectivity index is 2.46. The van der Waals surface area contributed by atoms with Crippen molar-refractivity contribution in [2.75, 3.05) is 26.1 Å². The molecular formula is C13H19NO4. The molecule has 0 heterocycles. The third kappa shape index (κ3) is 4.25. The fourth-order valence-corrected chi connectivity index (χ4v) is 1.48. The molecule has 0 atom stereocenters. The van der Waals surface area contributed by atoms with Crippen LogP contribution in [0.5, 0.6) is 5.75 Å². The molecule has 0 amide bonds. The predicted octanol–water partition coefficient (Wildman–Crippen LogP) is 1.60. The zero-order valence-corrected chi connectivity index (χ0v) is 10.5. The summed E-state index contributed by atoms with van der Waals surface area (Å²) < 4.78 is 10.1. The molecule has 0 saturated heterocycles. The fourth-order valence-electron chi connectivity index (χ4n) is 1.48. The number of unbranched alkanes of at least 4 members (excludes halogenated alkanes) is 2.